The van der Waals surface area contributed by atoms with E-state index in [2.05, 4.69) is 47.4 Å². The third kappa shape index (κ3) is 8.81. The number of hydrogen-bond acceptors (Lipinski definition) is 1. The quantitative estimate of drug-likeness (QED) is 0.214. The predicted molar refractivity (Wildman–Crippen MR) is 124 cm³/mol. The number of hydrogen-bond donors (Lipinski definition) is 0. The van der Waals surface area contributed by atoms with Gasteiger partial charge in [0.1, 0.15) is 0 Å². The lowest BCUT2D eigenvalue weighted by Crippen LogP contribution is -2.33. The molecule has 3 rings (SSSR count). The van der Waals surface area contributed by atoms with E-state index in [-0.39, 0.29) is 5.92 Å². The maximum absolute atomic E-state index is 13.0. The Balaban J connectivity index is 1.36. The van der Waals surface area contributed by atoms with Crippen LogP contribution in [0.25, 0.3) is 0 Å². The zero-order valence-corrected chi connectivity index (χ0v) is 19.4. The molecule has 1 atom stereocenters. The van der Waals surface area contributed by atoms with Crippen molar-refractivity contribution in [1.29, 1.82) is 0 Å². The molecule has 0 aromatic heterocycles. The Morgan fingerprint density at radius 2 is 1.55 bits per heavy atom. The number of allylic oxidation sites excluding steroid dienone is 1. The van der Waals surface area contributed by atoms with Gasteiger partial charge < -0.3 is 4.74 Å². The molecule has 2 saturated carbocycles. The van der Waals surface area contributed by atoms with Crippen LogP contribution < -0.4 is 0 Å². The van der Waals surface area contributed by atoms with E-state index in [0.29, 0.717) is 25.7 Å². The number of aryl methyl sites for hydroxylation is 1. The van der Waals surface area contributed by atoms with Gasteiger partial charge in [-0.25, -0.2) is 4.39 Å². The summed E-state index contributed by atoms with van der Waals surface area (Å²) in [5.41, 5.74) is 2.30. The van der Waals surface area contributed by atoms with E-state index >= 15 is 0 Å². The van der Waals surface area contributed by atoms with E-state index in [0.717, 1.165) is 30.2 Å². The molecule has 0 radical (unpaired) electrons. The second-order valence-electron chi connectivity index (χ2n) is 9.73. The standard InChI is InChI=1S/C28H36F4O/c1-2-3-4-21-5-7-22(8-6-21)9-10-23-11-13-24(14-12-23)15-16-25-17-19-26(20-18-25)33-27(29)28(30,31)32/h2,11-14,21-22,25-27H,1,3-10,17-20H2/t21-,22-,25-,26-,27?. The molecule has 33 heavy (non-hydrogen) atoms. The first-order chi connectivity index (χ1) is 15.8. The van der Waals surface area contributed by atoms with E-state index in [1.165, 1.54) is 44.1 Å². The lowest BCUT2D eigenvalue weighted by atomic mass is 9.78. The highest BCUT2D eigenvalue weighted by Crippen LogP contribution is 2.34. The molecule has 0 amide bonds. The van der Waals surface area contributed by atoms with Crippen LogP contribution in [0.15, 0.2) is 36.9 Å². The van der Waals surface area contributed by atoms with Crippen LogP contribution in [0.5, 0.6) is 0 Å². The van der Waals surface area contributed by atoms with Gasteiger partial charge in [0, 0.05) is 11.5 Å². The molecule has 2 aliphatic rings. The van der Waals surface area contributed by atoms with Crippen LogP contribution in [0.4, 0.5) is 17.6 Å². The molecule has 0 aliphatic heterocycles. The Labute approximate surface area is 196 Å². The number of rotatable bonds is 8. The highest BCUT2D eigenvalue weighted by molar-refractivity contribution is 5.36. The predicted octanol–water partition coefficient (Wildman–Crippen LogP) is 8.18. The normalized spacial score (nSPS) is 26.8. The maximum Gasteiger partial charge on any atom is 0.445 e. The Morgan fingerprint density at radius 3 is 2.12 bits per heavy atom. The molecule has 0 bridgehead atoms. The lowest BCUT2D eigenvalue weighted by molar-refractivity contribution is -0.279. The summed E-state index contributed by atoms with van der Waals surface area (Å²) in [6.45, 7) is 3.83. The molecule has 0 spiro atoms. The molecule has 1 aromatic carbocycles. The van der Waals surface area contributed by atoms with Crippen LogP contribution in [-0.4, -0.2) is 18.6 Å². The topological polar surface area (TPSA) is 9.23 Å². The number of ether oxygens (including phenoxy) is 1. The van der Waals surface area contributed by atoms with E-state index < -0.39 is 18.6 Å². The minimum atomic E-state index is -4.95. The van der Waals surface area contributed by atoms with Gasteiger partial charge in [0.05, 0.1) is 6.10 Å². The fraction of sp³-hybridized carbons (Fsp3) is 0.643. The summed E-state index contributed by atoms with van der Waals surface area (Å²) in [5, 5.41) is 0. The third-order valence-electron chi connectivity index (χ3n) is 7.20. The summed E-state index contributed by atoms with van der Waals surface area (Å²) in [6.07, 6.45) is 5.50. The van der Waals surface area contributed by atoms with Crippen molar-refractivity contribution in [3.05, 3.63) is 48.0 Å². The van der Waals surface area contributed by atoms with Crippen LogP contribution in [0.1, 0.15) is 81.8 Å². The summed E-state index contributed by atoms with van der Waals surface area (Å²) in [4.78, 5) is 0. The van der Waals surface area contributed by atoms with Crippen LogP contribution in [-0.2, 0) is 11.2 Å². The van der Waals surface area contributed by atoms with Crippen molar-refractivity contribution >= 4 is 0 Å². The van der Waals surface area contributed by atoms with Crippen molar-refractivity contribution in [2.45, 2.75) is 95.7 Å². The average Bonchev–Trinajstić information content (AvgIpc) is 2.81. The second kappa shape index (κ2) is 12.6. The second-order valence-corrected chi connectivity index (χ2v) is 9.73. The number of benzene rings is 1. The molecular formula is C28H36F4O. The van der Waals surface area contributed by atoms with Gasteiger partial charge in [-0.1, -0.05) is 55.7 Å². The van der Waals surface area contributed by atoms with Crippen LogP contribution in [0, 0.1) is 29.6 Å². The average molecular weight is 465 g/mol. The minimum absolute atomic E-state index is 0.120. The van der Waals surface area contributed by atoms with Crippen LogP contribution >= 0.6 is 0 Å². The van der Waals surface area contributed by atoms with Crippen molar-refractivity contribution in [1.82, 2.24) is 0 Å². The van der Waals surface area contributed by atoms with Gasteiger partial charge in [-0.15, -0.1) is 6.58 Å². The van der Waals surface area contributed by atoms with Crippen molar-refractivity contribution in [3.8, 4) is 11.8 Å². The Hall–Kier alpha value is -1.80. The Kier molecular flexibility index (Phi) is 9.86. The minimum Gasteiger partial charge on any atom is -0.338 e. The van der Waals surface area contributed by atoms with Gasteiger partial charge in [0.25, 0.3) is 6.36 Å². The molecule has 1 nitrogen and oxygen atoms in total. The zero-order valence-electron chi connectivity index (χ0n) is 19.4. The summed E-state index contributed by atoms with van der Waals surface area (Å²) in [5.74, 6) is 8.28. The molecule has 0 N–H and O–H groups in total. The Bertz CT molecular complexity index is 773. The van der Waals surface area contributed by atoms with Gasteiger partial charge in [-0.05, 0) is 80.9 Å². The van der Waals surface area contributed by atoms with Gasteiger partial charge in [-0.2, -0.15) is 13.2 Å². The zero-order chi connectivity index (χ0) is 23.7. The highest BCUT2D eigenvalue weighted by Gasteiger charge is 2.43. The number of halogens is 4. The molecule has 182 valence electrons. The summed E-state index contributed by atoms with van der Waals surface area (Å²) >= 11 is 0. The maximum atomic E-state index is 13.0. The van der Waals surface area contributed by atoms with Gasteiger partial charge in [0.2, 0.25) is 0 Å². The largest absolute Gasteiger partial charge is 0.445 e. The van der Waals surface area contributed by atoms with E-state index in [1.54, 1.807) is 0 Å². The fourth-order valence-corrected chi connectivity index (χ4v) is 5.06. The van der Waals surface area contributed by atoms with Gasteiger partial charge >= 0.3 is 6.18 Å². The SMILES string of the molecule is C=CCC[C@H]1CC[C@H](CCc2ccc(C#C[C@H]3CC[C@H](OC(F)C(F)(F)F)CC3)cc2)CC1. The first-order valence-corrected chi connectivity index (χ1v) is 12.4. The van der Waals surface area contributed by atoms with Gasteiger partial charge in [-0.3, -0.25) is 0 Å². The molecular weight excluding hydrogens is 428 g/mol. The molecule has 2 aliphatic carbocycles. The summed E-state index contributed by atoms with van der Waals surface area (Å²) in [7, 11) is 0. The molecule has 5 heteroatoms. The van der Waals surface area contributed by atoms with Crippen molar-refractivity contribution in [2.75, 3.05) is 0 Å². The molecule has 1 aromatic rings. The first-order valence-electron chi connectivity index (χ1n) is 12.4. The van der Waals surface area contributed by atoms with Crippen molar-refractivity contribution in [2.24, 2.45) is 17.8 Å². The van der Waals surface area contributed by atoms with Crippen molar-refractivity contribution in [3.63, 3.8) is 0 Å². The number of alkyl halides is 4. The molecule has 1 unspecified atom stereocenters. The van der Waals surface area contributed by atoms with E-state index in [4.69, 9.17) is 0 Å². The van der Waals surface area contributed by atoms with Gasteiger partial charge in [0.15, 0.2) is 0 Å². The molecule has 0 heterocycles. The third-order valence-corrected chi connectivity index (χ3v) is 7.20. The Morgan fingerprint density at radius 1 is 0.939 bits per heavy atom. The summed E-state index contributed by atoms with van der Waals surface area (Å²) in [6, 6.07) is 8.42. The smallest absolute Gasteiger partial charge is 0.338 e. The fourth-order valence-electron chi connectivity index (χ4n) is 5.06. The highest BCUT2D eigenvalue weighted by atomic mass is 19.4. The summed E-state index contributed by atoms with van der Waals surface area (Å²) < 4.78 is 54.4. The van der Waals surface area contributed by atoms with Crippen molar-refractivity contribution < 1.29 is 22.3 Å². The van der Waals surface area contributed by atoms with Crippen LogP contribution in [0.2, 0.25) is 0 Å². The van der Waals surface area contributed by atoms with E-state index in [1.807, 2.05) is 6.08 Å². The first kappa shape index (κ1) is 25.8. The molecule has 2 fully saturated rings. The van der Waals surface area contributed by atoms with E-state index in [9.17, 15) is 17.6 Å². The lowest BCUT2D eigenvalue weighted by Gasteiger charge is -2.28. The molecule has 0 saturated heterocycles. The monoisotopic (exact) mass is 464 g/mol. The van der Waals surface area contributed by atoms with Crippen LogP contribution in [0.3, 0.4) is 0 Å².